The van der Waals surface area contributed by atoms with Crippen molar-refractivity contribution in [3.63, 3.8) is 0 Å². The van der Waals surface area contributed by atoms with Crippen LogP contribution in [0.2, 0.25) is 0 Å². The van der Waals surface area contributed by atoms with Crippen LogP contribution in [-0.2, 0) is 6.42 Å². The lowest BCUT2D eigenvalue weighted by atomic mass is 10.1. The minimum absolute atomic E-state index is 0.0516. The van der Waals surface area contributed by atoms with Crippen LogP contribution >= 0.6 is 0 Å². The first-order chi connectivity index (χ1) is 10.7. The van der Waals surface area contributed by atoms with Crippen molar-refractivity contribution in [2.24, 2.45) is 0 Å². The molecule has 2 heterocycles. The Kier molecular flexibility index (Phi) is 3.17. The van der Waals surface area contributed by atoms with Crippen molar-refractivity contribution in [3.05, 3.63) is 53.9 Å². The molecule has 1 aliphatic carbocycles. The van der Waals surface area contributed by atoms with Crippen LogP contribution < -0.4 is 4.74 Å². The van der Waals surface area contributed by atoms with Gasteiger partial charge >= 0.3 is 0 Å². The monoisotopic (exact) mass is 296 g/mol. The third kappa shape index (κ3) is 2.39. The predicted octanol–water partition coefficient (Wildman–Crippen LogP) is 2.90. The van der Waals surface area contributed by atoms with E-state index in [4.69, 9.17) is 4.74 Å². The number of carbonyl (C=O) groups is 1. The summed E-state index contributed by atoms with van der Waals surface area (Å²) in [5, 5.41) is 0. The van der Waals surface area contributed by atoms with Gasteiger partial charge < -0.3 is 14.2 Å². The lowest BCUT2D eigenvalue weighted by molar-refractivity contribution is 0.0719. The van der Waals surface area contributed by atoms with Crippen LogP contribution in [0.3, 0.4) is 0 Å². The Morgan fingerprint density at radius 2 is 2.09 bits per heavy atom. The van der Waals surface area contributed by atoms with Crippen LogP contribution in [0.5, 0.6) is 5.75 Å². The predicted molar refractivity (Wildman–Crippen MR) is 84.2 cm³/mol. The Labute approximate surface area is 130 Å². The van der Waals surface area contributed by atoms with E-state index in [2.05, 4.69) is 10.6 Å². The molecule has 0 spiro atoms. The van der Waals surface area contributed by atoms with Crippen molar-refractivity contribution in [3.8, 4) is 5.75 Å². The van der Waals surface area contributed by atoms with Gasteiger partial charge in [0.1, 0.15) is 17.5 Å². The number of hydrogen-bond donors (Lipinski definition) is 0. The largest absolute Gasteiger partial charge is 0.488 e. The van der Waals surface area contributed by atoms with Crippen molar-refractivity contribution in [2.45, 2.75) is 31.4 Å². The average Bonchev–Trinajstić information content (AvgIpc) is 3.11. The van der Waals surface area contributed by atoms with E-state index in [-0.39, 0.29) is 12.0 Å². The van der Waals surface area contributed by atoms with E-state index in [1.807, 2.05) is 43.6 Å². The van der Waals surface area contributed by atoms with Gasteiger partial charge in [0, 0.05) is 25.7 Å². The highest BCUT2D eigenvalue weighted by atomic mass is 16.5. The van der Waals surface area contributed by atoms with Crippen LogP contribution in [0, 0.1) is 0 Å². The van der Waals surface area contributed by atoms with Crippen molar-refractivity contribution in [1.82, 2.24) is 9.47 Å². The van der Waals surface area contributed by atoms with Crippen LogP contribution in [0.1, 0.15) is 34.9 Å². The number of rotatable bonds is 4. The van der Waals surface area contributed by atoms with Gasteiger partial charge in [0.15, 0.2) is 0 Å². The van der Waals surface area contributed by atoms with Gasteiger partial charge in [0.25, 0.3) is 5.91 Å². The zero-order valence-electron chi connectivity index (χ0n) is 12.7. The Morgan fingerprint density at radius 3 is 2.86 bits per heavy atom. The molecule has 0 radical (unpaired) electrons. The molecule has 0 saturated heterocycles. The Hall–Kier alpha value is -2.23. The van der Waals surface area contributed by atoms with Gasteiger partial charge in [-0.3, -0.25) is 4.79 Å². The smallest absolute Gasteiger partial charge is 0.270 e. The number of aromatic nitrogens is 1. The van der Waals surface area contributed by atoms with E-state index < -0.39 is 0 Å². The third-order valence-electron chi connectivity index (χ3n) is 4.48. The molecule has 4 heteroatoms. The lowest BCUT2D eigenvalue weighted by Gasteiger charge is -2.22. The molecular weight excluding hydrogens is 276 g/mol. The molecule has 1 unspecified atom stereocenters. The molecule has 1 amide bonds. The van der Waals surface area contributed by atoms with E-state index in [1.54, 1.807) is 4.90 Å². The number of nitrogens with zero attached hydrogens (tertiary/aromatic N) is 2. The highest BCUT2D eigenvalue weighted by molar-refractivity contribution is 5.92. The standard InChI is InChI=1S/C18H20N2O2/c1-19(12-15-11-13-5-2-3-7-17(13)22-15)18(21)16-6-4-10-20(16)14-8-9-14/h2-7,10,14-15H,8-9,11-12H2,1H3. The molecule has 4 nitrogen and oxygen atoms in total. The summed E-state index contributed by atoms with van der Waals surface area (Å²) < 4.78 is 8.05. The summed E-state index contributed by atoms with van der Waals surface area (Å²) in [6.45, 7) is 0.614. The fourth-order valence-corrected chi connectivity index (χ4v) is 3.19. The van der Waals surface area contributed by atoms with Crippen molar-refractivity contribution < 1.29 is 9.53 Å². The molecule has 1 aromatic carbocycles. The molecule has 4 rings (SSSR count). The van der Waals surface area contributed by atoms with Gasteiger partial charge in [-0.2, -0.15) is 0 Å². The number of carbonyl (C=O) groups excluding carboxylic acids is 1. The number of hydrogen-bond acceptors (Lipinski definition) is 2. The fraction of sp³-hybridized carbons (Fsp3) is 0.389. The molecule has 0 N–H and O–H groups in total. The van der Waals surface area contributed by atoms with E-state index in [0.29, 0.717) is 12.6 Å². The molecule has 114 valence electrons. The fourth-order valence-electron chi connectivity index (χ4n) is 3.19. The average molecular weight is 296 g/mol. The summed E-state index contributed by atoms with van der Waals surface area (Å²) in [5.41, 5.74) is 2.02. The van der Waals surface area contributed by atoms with Crippen LogP contribution in [0.15, 0.2) is 42.6 Å². The number of amides is 1. The number of para-hydroxylation sites is 1. The highest BCUT2D eigenvalue weighted by Crippen LogP contribution is 2.36. The number of fused-ring (bicyclic) bond motifs is 1. The molecule has 1 aliphatic heterocycles. The SMILES string of the molecule is CN(CC1Cc2ccccc2O1)C(=O)c1cccn1C1CC1. The second kappa shape index (κ2) is 5.20. The van der Waals surface area contributed by atoms with E-state index in [0.717, 1.165) is 17.9 Å². The second-order valence-electron chi connectivity index (χ2n) is 6.27. The van der Waals surface area contributed by atoms with Gasteiger partial charge in [-0.05, 0) is 36.6 Å². The summed E-state index contributed by atoms with van der Waals surface area (Å²) in [5.74, 6) is 1.03. The van der Waals surface area contributed by atoms with Crippen molar-refractivity contribution in [1.29, 1.82) is 0 Å². The lowest BCUT2D eigenvalue weighted by Crippen LogP contribution is -2.37. The minimum atomic E-state index is 0.0516. The van der Waals surface area contributed by atoms with Crippen molar-refractivity contribution in [2.75, 3.05) is 13.6 Å². The molecule has 1 aromatic heterocycles. The molecule has 1 saturated carbocycles. The molecule has 22 heavy (non-hydrogen) atoms. The molecular formula is C18H20N2O2. The normalized spacial score (nSPS) is 19.6. The maximum absolute atomic E-state index is 12.7. The Balaban J connectivity index is 1.43. The highest BCUT2D eigenvalue weighted by Gasteiger charge is 2.29. The number of benzene rings is 1. The quantitative estimate of drug-likeness (QED) is 0.869. The van der Waals surface area contributed by atoms with E-state index in [1.165, 1.54) is 18.4 Å². The topological polar surface area (TPSA) is 34.5 Å². The van der Waals surface area contributed by atoms with Gasteiger partial charge in [0.05, 0.1) is 6.54 Å². The molecule has 1 fully saturated rings. The van der Waals surface area contributed by atoms with Gasteiger partial charge in [0.2, 0.25) is 0 Å². The van der Waals surface area contributed by atoms with Gasteiger partial charge in [-0.1, -0.05) is 18.2 Å². The first-order valence-corrected chi connectivity index (χ1v) is 7.89. The summed E-state index contributed by atoms with van der Waals surface area (Å²) in [7, 11) is 1.86. The second-order valence-corrected chi connectivity index (χ2v) is 6.27. The third-order valence-corrected chi connectivity index (χ3v) is 4.48. The maximum Gasteiger partial charge on any atom is 0.270 e. The Morgan fingerprint density at radius 1 is 1.27 bits per heavy atom. The minimum Gasteiger partial charge on any atom is -0.488 e. The zero-order valence-corrected chi connectivity index (χ0v) is 12.7. The Bertz CT molecular complexity index is 678. The summed E-state index contributed by atoms with van der Waals surface area (Å²) >= 11 is 0. The summed E-state index contributed by atoms with van der Waals surface area (Å²) in [6.07, 6.45) is 5.30. The molecule has 2 aliphatic rings. The first kappa shape index (κ1) is 13.4. The van der Waals surface area contributed by atoms with Gasteiger partial charge in [-0.25, -0.2) is 0 Å². The van der Waals surface area contributed by atoms with Crippen molar-refractivity contribution >= 4 is 5.91 Å². The maximum atomic E-state index is 12.7. The number of likely N-dealkylation sites (N-methyl/N-ethyl adjacent to an activating group) is 1. The molecule has 0 bridgehead atoms. The van der Waals surface area contributed by atoms with E-state index >= 15 is 0 Å². The van der Waals surface area contributed by atoms with Crippen LogP contribution in [0.4, 0.5) is 0 Å². The summed E-state index contributed by atoms with van der Waals surface area (Å²) in [6, 6.07) is 12.5. The summed E-state index contributed by atoms with van der Waals surface area (Å²) in [4.78, 5) is 14.5. The molecule has 2 aromatic rings. The first-order valence-electron chi connectivity index (χ1n) is 7.89. The van der Waals surface area contributed by atoms with Gasteiger partial charge in [-0.15, -0.1) is 0 Å². The van der Waals surface area contributed by atoms with Crippen LogP contribution in [0.25, 0.3) is 0 Å². The van der Waals surface area contributed by atoms with Crippen LogP contribution in [-0.4, -0.2) is 35.1 Å². The number of ether oxygens (including phenoxy) is 1. The zero-order chi connectivity index (χ0) is 15.1. The van der Waals surface area contributed by atoms with E-state index in [9.17, 15) is 4.79 Å². The molecule has 1 atom stereocenters.